The first-order valence-corrected chi connectivity index (χ1v) is 9.55. The van der Waals surface area contributed by atoms with E-state index in [0.717, 1.165) is 0 Å². The number of aromatic nitrogens is 2. The van der Waals surface area contributed by atoms with Crippen LogP contribution < -0.4 is 5.32 Å². The van der Waals surface area contributed by atoms with Crippen molar-refractivity contribution in [1.82, 2.24) is 9.72 Å². The van der Waals surface area contributed by atoms with E-state index in [0.29, 0.717) is 29.8 Å². The third-order valence-corrected chi connectivity index (χ3v) is 4.80. The van der Waals surface area contributed by atoms with Crippen LogP contribution >= 0.6 is 0 Å². The normalized spacial score (nSPS) is 11.1. The van der Waals surface area contributed by atoms with Crippen LogP contribution in [0, 0.1) is 0 Å². The summed E-state index contributed by atoms with van der Waals surface area (Å²) in [5.41, 5.74) is 0.847. The molecule has 0 saturated carbocycles. The number of aromatic carboxylic acids is 1. The van der Waals surface area contributed by atoms with Crippen LogP contribution in [0.4, 0.5) is 14.5 Å². The Balaban J connectivity index is 0.00000363. The molecule has 0 radical (unpaired) electrons. The molecule has 0 unspecified atom stereocenters. The molecule has 0 fully saturated rings. The van der Waals surface area contributed by atoms with Gasteiger partial charge < -0.3 is 24.6 Å². The van der Waals surface area contributed by atoms with Crippen molar-refractivity contribution in [2.24, 2.45) is 0 Å². The van der Waals surface area contributed by atoms with Gasteiger partial charge in [-0.15, -0.1) is 0 Å². The first-order valence-electron chi connectivity index (χ1n) is 9.55. The average Bonchev–Trinajstić information content (AvgIpc) is 3.32. The zero-order valence-corrected chi connectivity index (χ0v) is 16.9. The molecule has 0 aliphatic heterocycles. The molecule has 0 atom stereocenters. The molecule has 2 heterocycles. The van der Waals surface area contributed by atoms with Crippen LogP contribution in [0.2, 0.25) is 0 Å². The number of carboxylic acids is 1. The number of rotatable bonds is 8. The maximum absolute atomic E-state index is 14.7. The molecular formula is C21H22F2KN3O5. The second-order valence-electron chi connectivity index (χ2n) is 6.89. The molecule has 32 heavy (non-hydrogen) atoms. The number of benzene rings is 1. The Bertz CT molecular complexity index is 1110. The zero-order valence-electron chi connectivity index (χ0n) is 16.9. The van der Waals surface area contributed by atoms with Gasteiger partial charge in [-0.1, -0.05) is 12.1 Å². The summed E-state index contributed by atoms with van der Waals surface area (Å²) < 4.78 is 36.0. The third-order valence-electron chi connectivity index (χ3n) is 4.80. The van der Waals surface area contributed by atoms with Crippen LogP contribution in [-0.4, -0.2) is 89.1 Å². The minimum atomic E-state index is -3.88. The number of aryl methyl sites for hydroxylation is 1. The first kappa shape index (κ1) is 26.2. The molecule has 0 aliphatic carbocycles. The van der Waals surface area contributed by atoms with Crippen LogP contribution in [0.1, 0.15) is 35.5 Å². The summed E-state index contributed by atoms with van der Waals surface area (Å²) in [6.45, 7) is 3.89. The van der Waals surface area contributed by atoms with Gasteiger partial charge in [-0.2, -0.15) is 8.78 Å². The molecule has 3 aromatic rings. The number of carboxylic acid groups (broad SMARTS) is 1. The van der Waals surface area contributed by atoms with E-state index >= 15 is 0 Å². The molecule has 0 aliphatic rings. The summed E-state index contributed by atoms with van der Waals surface area (Å²) in [5.74, 6) is -6.96. The van der Waals surface area contributed by atoms with E-state index < -0.39 is 24.2 Å². The van der Waals surface area contributed by atoms with Crippen molar-refractivity contribution >= 4 is 68.9 Å². The summed E-state index contributed by atoms with van der Waals surface area (Å²) in [6.07, 6.45) is 1.83. The average molecular weight is 474 g/mol. The summed E-state index contributed by atoms with van der Waals surface area (Å²) in [5, 5.41) is 24.5. The molecule has 0 bridgehead atoms. The van der Waals surface area contributed by atoms with Crippen LogP contribution in [0.3, 0.4) is 0 Å². The number of hydrogen-bond donors (Lipinski definition) is 3. The monoisotopic (exact) mass is 473 g/mol. The fourth-order valence-electron chi connectivity index (χ4n) is 3.15. The van der Waals surface area contributed by atoms with Crippen molar-refractivity contribution < 1.29 is 33.1 Å². The SMILES string of the molecule is CCc1c(-c2ccc(O)cc2)noc1CC(F)(F)C(=O)Nc1cn(CC)cc1C(=O)O.[KH]. The Morgan fingerprint density at radius 1 is 1.19 bits per heavy atom. The van der Waals surface area contributed by atoms with Gasteiger partial charge in [-0.25, -0.2) is 4.79 Å². The number of phenolic OH excluding ortho intramolecular Hbond substituents is 1. The number of nitrogens with one attached hydrogen (secondary N) is 1. The molecule has 1 aromatic carbocycles. The summed E-state index contributed by atoms with van der Waals surface area (Å²) in [7, 11) is 0. The molecule has 11 heteroatoms. The van der Waals surface area contributed by atoms with Crippen molar-refractivity contribution in [2.45, 2.75) is 39.2 Å². The maximum atomic E-state index is 14.7. The molecule has 0 spiro atoms. The predicted octanol–water partition coefficient (Wildman–Crippen LogP) is 3.30. The summed E-state index contributed by atoms with van der Waals surface area (Å²) in [6, 6.07) is 6.03. The number of alkyl halides is 2. The van der Waals surface area contributed by atoms with Crippen molar-refractivity contribution in [2.75, 3.05) is 5.32 Å². The molecule has 2 aromatic heterocycles. The summed E-state index contributed by atoms with van der Waals surface area (Å²) in [4.78, 5) is 23.6. The van der Waals surface area contributed by atoms with Crippen molar-refractivity contribution in [1.29, 1.82) is 0 Å². The van der Waals surface area contributed by atoms with E-state index in [9.17, 15) is 28.6 Å². The van der Waals surface area contributed by atoms with Crippen LogP contribution in [0.25, 0.3) is 11.3 Å². The van der Waals surface area contributed by atoms with E-state index in [-0.39, 0.29) is 74.1 Å². The fraction of sp³-hybridized carbons (Fsp3) is 0.286. The van der Waals surface area contributed by atoms with E-state index in [4.69, 9.17) is 4.52 Å². The third kappa shape index (κ3) is 5.65. The number of aromatic hydroxyl groups is 1. The van der Waals surface area contributed by atoms with Gasteiger partial charge in [0.05, 0.1) is 12.1 Å². The standard InChI is InChI=1S/C21H21F2N3O5.K.H/c1-3-14-17(31-25-18(14)12-5-7-13(27)8-6-12)9-21(22,23)20(30)24-16-11-26(4-2)10-15(16)19(28)29;;/h5-8,10-11,27H,3-4,9H2,1-2H3,(H,24,30)(H,28,29);;. The van der Waals surface area contributed by atoms with Crippen molar-refractivity contribution in [3.05, 3.63) is 53.5 Å². The molecular weight excluding hydrogens is 451 g/mol. The number of anilines is 1. The Kier molecular flexibility index (Phi) is 8.77. The molecule has 3 N–H and O–H groups in total. The Labute approximate surface area is 225 Å². The van der Waals surface area contributed by atoms with Gasteiger partial charge in [0.25, 0.3) is 5.91 Å². The number of halogens is 2. The second kappa shape index (κ2) is 10.7. The Hall–Kier alpha value is -2.05. The molecule has 8 nitrogen and oxygen atoms in total. The summed E-state index contributed by atoms with van der Waals surface area (Å²) >= 11 is 0. The molecule has 166 valence electrons. The van der Waals surface area contributed by atoms with E-state index in [2.05, 4.69) is 5.16 Å². The quantitative estimate of drug-likeness (QED) is 0.432. The van der Waals surface area contributed by atoms with Crippen LogP contribution in [0.15, 0.2) is 41.2 Å². The molecule has 3 rings (SSSR count). The predicted molar refractivity (Wildman–Crippen MR) is 114 cm³/mol. The van der Waals surface area contributed by atoms with Gasteiger partial charge in [0, 0.05) is 30.1 Å². The van der Waals surface area contributed by atoms with E-state index in [1.54, 1.807) is 26.0 Å². The van der Waals surface area contributed by atoms with Gasteiger partial charge in [-0.05, 0) is 37.6 Å². The Morgan fingerprint density at radius 3 is 2.41 bits per heavy atom. The fourth-order valence-corrected chi connectivity index (χ4v) is 3.15. The molecule has 0 saturated heterocycles. The first-order chi connectivity index (χ1) is 14.7. The van der Waals surface area contributed by atoms with Gasteiger partial charge >= 0.3 is 63.3 Å². The second-order valence-corrected chi connectivity index (χ2v) is 6.89. The van der Waals surface area contributed by atoms with Crippen LogP contribution in [0.5, 0.6) is 5.75 Å². The number of carbonyl (C=O) groups excluding carboxylic acids is 1. The van der Waals surface area contributed by atoms with Gasteiger partial charge in [-0.3, -0.25) is 4.79 Å². The van der Waals surface area contributed by atoms with Gasteiger partial charge in [0.15, 0.2) is 0 Å². The van der Waals surface area contributed by atoms with Crippen molar-refractivity contribution in [3.63, 3.8) is 0 Å². The molecule has 1 amide bonds. The topological polar surface area (TPSA) is 118 Å². The number of hydrogen-bond acceptors (Lipinski definition) is 5. The van der Waals surface area contributed by atoms with Crippen LogP contribution in [-0.2, 0) is 24.2 Å². The van der Waals surface area contributed by atoms with Gasteiger partial charge in [0.1, 0.15) is 22.8 Å². The number of amides is 1. The van der Waals surface area contributed by atoms with E-state index in [1.807, 2.05) is 5.32 Å². The van der Waals surface area contributed by atoms with Gasteiger partial charge in [0.2, 0.25) is 0 Å². The number of carbonyl (C=O) groups is 2. The van der Waals surface area contributed by atoms with Crippen molar-refractivity contribution in [3.8, 4) is 17.0 Å². The number of phenols is 1. The number of nitrogens with zero attached hydrogens (tertiary/aromatic N) is 2. The Morgan fingerprint density at radius 2 is 1.84 bits per heavy atom. The minimum absolute atomic E-state index is 0. The van der Waals surface area contributed by atoms with E-state index in [1.165, 1.54) is 29.1 Å². The zero-order chi connectivity index (χ0) is 22.8.